The van der Waals surface area contributed by atoms with Gasteiger partial charge in [-0.2, -0.15) is 0 Å². The standard InChI is InChI=1S/C14H12BrN3OS2/c1-8-6-21-14-17-10(5-13(19)18(8)14)7-20-12-4-9(15)2-3-11(12)16/h2-6H,7,16H2,1H3. The molecule has 0 atom stereocenters. The highest BCUT2D eigenvalue weighted by molar-refractivity contribution is 9.10. The van der Waals surface area contributed by atoms with Crippen molar-refractivity contribution in [3.8, 4) is 0 Å². The molecule has 0 amide bonds. The summed E-state index contributed by atoms with van der Waals surface area (Å²) in [5.41, 5.74) is 8.34. The van der Waals surface area contributed by atoms with Gasteiger partial charge in [0.25, 0.3) is 5.56 Å². The normalized spacial score (nSPS) is 11.1. The first kappa shape index (κ1) is 14.6. The number of anilines is 1. The molecule has 0 aliphatic carbocycles. The van der Waals surface area contributed by atoms with Gasteiger partial charge in [-0.25, -0.2) is 4.98 Å². The minimum atomic E-state index is -0.0310. The smallest absolute Gasteiger partial charge is 0.258 e. The van der Waals surface area contributed by atoms with Crippen LogP contribution in [0.4, 0.5) is 5.69 Å². The van der Waals surface area contributed by atoms with Gasteiger partial charge in [0.1, 0.15) is 0 Å². The van der Waals surface area contributed by atoms with Gasteiger partial charge in [-0.3, -0.25) is 9.20 Å². The van der Waals surface area contributed by atoms with Gasteiger partial charge < -0.3 is 5.73 Å². The van der Waals surface area contributed by atoms with E-state index in [-0.39, 0.29) is 5.56 Å². The molecule has 3 rings (SSSR count). The molecule has 0 aliphatic heterocycles. The quantitative estimate of drug-likeness (QED) is 0.554. The summed E-state index contributed by atoms with van der Waals surface area (Å²) in [7, 11) is 0. The highest BCUT2D eigenvalue weighted by atomic mass is 79.9. The third kappa shape index (κ3) is 3.00. The van der Waals surface area contributed by atoms with E-state index in [0.717, 1.165) is 31.4 Å². The minimum Gasteiger partial charge on any atom is -0.398 e. The van der Waals surface area contributed by atoms with E-state index in [1.165, 1.54) is 11.3 Å². The van der Waals surface area contributed by atoms with Gasteiger partial charge in [0.15, 0.2) is 4.96 Å². The Bertz CT molecular complexity index is 872. The number of hydrogen-bond acceptors (Lipinski definition) is 5. The van der Waals surface area contributed by atoms with Crippen molar-refractivity contribution in [3.63, 3.8) is 0 Å². The van der Waals surface area contributed by atoms with E-state index in [2.05, 4.69) is 20.9 Å². The first-order chi connectivity index (χ1) is 10.0. The molecule has 0 unspecified atom stereocenters. The maximum absolute atomic E-state index is 12.1. The molecule has 108 valence electrons. The van der Waals surface area contributed by atoms with Crippen molar-refractivity contribution in [2.24, 2.45) is 0 Å². The predicted molar refractivity (Wildman–Crippen MR) is 92.2 cm³/mol. The zero-order valence-corrected chi connectivity index (χ0v) is 14.4. The van der Waals surface area contributed by atoms with E-state index in [1.54, 1.807) is 22.2 Å². The molecule has 7 heteroatoms. The van der Waals surface area contributed by atoms with Crippen LogP contribution in [0.3, 0.4) is 0 Å². The number of fused-ring (bicyclic) bond motifs is 1. The summed E-state index contributed by atoms with van der Waals surface area (Å²) >= 11 is 6.49. The Morgan fingerprint density at radius 2 is 2.24 bits per heavy atom. The number of benzene rings is 1. The van der Waals surface area contributed by atoms with Crippen molar-refractivity contribution in [3.05, 3.63) is 55.9 Å². The van der Waals surface area contributed by atoms with Gasteiger partial charge in [-0.05, 0) is 25.1 Å². The molecule has 0 radical (unpaired) electrons. The lowest BCUT2D eigenvalue weighted by Crippen LogP contribution is -2.14. The maximum Gasteiger partial charge on any atom is 0.258 e. The second-order valence-electron chi connectivity index (χ2n) is 4.55. The Morgan fingerprint density at radius 3 is 3.05 bits per heavy atom. The van der Waals surface area contributed by atoms with E-state index in [1.807, 2.05) is 30.5 Å². The number of rotatable bonds is 3. The molecule has 1 aromatic carbocycles. The topological polar surface area (TPSA) is 60.4 Å². The molecule has 2 aromatic heterocycles. The van der Waals surface area contributed by atoms with Crippen LogP contribution in [0, 0.1) is 6.92 Å². The van der Waals surface area contributed by atoms with Gasteiger partial charge in [0.05, 0.1) is 5.69 Å². The number of aromatic nitrogens is 2. The fraction of sp³-hybridized carbons (Fsp3) is 0.143. The molecule has 0 saturated heterocycles. The largest absolute Gasteiger partial charge is 0.398 e. The zero-order chi connectivity index (χ0) is 15.0. The Morgan fingerprint density at radius 1 is 1.43 bits per heavy atom. The van der Waals surface area contributed by atoms with Crippen LogP contribution < -0.4 is 11.3 Å². The number of thiazole rings is 1. The average Bonchev–Trinajstić information content (AvgIpc) is 2.82. The first-order valence-electron chi connectivity index (χ1n) is 6.19. The van der Waals surface area contributed by atoms with Crippen molar-refractivity contribution in [1.29, 1.82) is 0 Å². The van der Waals surface area contributed by atoms with E-state index >= 15 is 0 Å². The van der Waals surface area contributed by atoms with Gasteiger partial charge in [0.2, 0.25) is 0 Å². The van der Waals surface area contributed by atoms with Crippen LogP contribution in [0.5, 0.6) is 0 Å². The van der Waals surface area contributed by atoms with Gasteiger partial charge >= 0.3 is 0 Å². The number of nitrogen functional groups attached to an aromatic ring is 1. The lowest BCUT2D eigenvalue weighted by molar-refractivity contribution is 0.997. The lowest BCUT2D eigenvalue weighted by atomic mass is 10.3. The molecular formula is C14H12BrN3OS2. The van der Waals surface area contributed by atoms with Crippen molar-refractivity contribution in [2.75, 3.05) is 5.73 Å². The Hall–Kier alpha value is -1.31. The van der Waals surface area contributed by atoms with Gasteiger partial charge in [0, 0.05) is 37.9 Å². The number of halogens is 1. The average molecular weight is 382 g/mol. The van der Waals surface area contributed by atoms with Crippen molar-refractivity contribution in [1.82, 2.24) is 9.38 Å². The molecule has 2 heterocycles. The Balaban J connectivity index is 1.88. The first-order valence-corrected chi connectivity index (χ1v) is 8.85. The fourth-order valence-corrected chi connectivity index (χ4v) is 4.26. The highest BCUT2D eigenvalue weighted by Crippen LogP contribution is 2.30. The molecule has 0 fully saturated rings. The molecule has 0 spiro atoms. The lowest BCUT2D eigenvalue weighted by Gasteiger charge is -2.06. The highest BCUT2D eigenvalue weighted by Gasteiger charge is 2.08. The molecule has 21 heavy (non-hydrogen) atoms. The van der Waals surface area contributed by atoms with Crippen molar-refractivity contribution >= 4 is 49.7 Å². The van der Waals surface area contributed by atoms with Crippen LogP contribution in [0.1, 0.15) is 11.4 Å². The molecule has 0 aliphatic rings. The van der Waals surface area contributed by atoms with Gasteiger partial charge in [-0.1, -0.05) is 15.9 Å². The van der Waals surface area contributed by atoms with Crippen LogP contribution in [0.2, 0.25) is 0 Å². The number of thioether (sulfide) groups is 1. The molecule has 3 aromatic rings. The second kappa shape index (κ2) is 5.82. The minimum absolute atomic E-state index is 0.0310. The summed E-state index contributed by atoms with van der Waals surface area (Å²) in [5, 5.41) is 1.94. The monoisotopic (exact) mass is 381 g/mol. The Labute approximate surface area is 138 Å². The predicted octanol–water partition coefficient (Wildman–Crippen LogP) is 3.70. The number of nitrogens with zero attached hydrogens (tertiary/aromatic N) is 2. The van der Waals surface area contributed by atoms with Crippen molar-refractivity contribution in [2.45, 2.75) is 17.6 Å². The third-order valence-corrected chi connectivity index (χ3v) is 5.52. The van der Waals surface area contributed by atoms with E-state index in [4.69, 9.17) is 5.73 Å². The third-order valence-electron chi connectivity index (χ3n) is 2.98. The van der Waals surface area contributed by atoms with E-state index < -0.39 is 0 Å². The maximum atomic E-state index is 12.1. The number of nitrogens with two attached hydrogens (primary N) is 1. The Kier molecular flexibility index (Phi) is 4.05. The molecule has 0 bridgehead atoms. The van der Waals surface area contributed by atoms with Gasteiger partial charge in [-0.15, -0.1) is 23.1 Å². The van der Waals surface area contributed by atoms with Crippen LogP contribution in [-0.4, -0.2) is 9.38 Å². The number of aryl methyl sites for hydroxylation is 1. The summed E-state index contributed by atoms with van der Waals surface area (Å²) in [6.45, 7) is 1.91. The zero-order valence-electron chi connectivity index (χ0n) is 11.2. The number of hydrogen-bond donors (Lipinski definition) is 1. The van der Waals surface area contributed by atoms with Crippen LogP contribution in [-0.2, 0) is 5.75 Å². The van der Waals surface area contributed by atoms with Crippen molar-refractivity contribution < 1.29 is 0 Å². The summed E-state index contributed by atoms with van der Waals surface area (Å²) in [4.78, 5) is 18.3. The van der Waals surface area contributed by atoms with Crippen LogP contribution in [0.25, 0.3) is 4.96 Å². The molecule has 0 saturated carbocycles. The van der Waals surface area contributed by atoms with E-state index in [9.17, 15) is 4.79 Å². The summed E-state index contributed by atoms with van der Waals surface area (Å²) in [6, 6.07) is 7.33. The van der Waals surface area contributed by atoms with Crippen LogP contribution in [0.15, 0.2) is 43.8 Å². The summed E-state index contributed by atoms with van der Waals surface area (Å²) in [6.07, 6.45) is 0. The molecule has 2 N–H and O–H groups in total. The molecular weight excluding hydrogens is 370 g/mol. The second-order valence-corrected chi connectivity index (χ2v) is 7.32. The van der Waals surface area contributed by atoms with E-state index in [0.29, 0.717) is 5.75 Å². The SMILES string of the molecule is Cc1csc2nc(CSc3cc(Br)ccc3N)cc(=O)n12. The van der Waals surface area contributed by atoms with Crippen LogP contribution >= 0.6 is 39.0 Å². The summed E-state index contributed by atoms with van der Waals surface area (Å²) in [5.74, 6) is 0.614. The summed E-state index contributed by atoms with van der Waals surface area (Å²) < 4.78 is 2.61. The fourth-order valence-electron chi connectivity index (χ4n) is 1.96. The molecule has 4 nitrogen and oxygen atoms in total.